The highest BCUT2D eigenvalue weighted by molar-refractivity contribution is 6.04. The Morgan fingerprint density at radius 2 is 1.56 bits per heavy atom. The molecule has 3 aromatic carbocycles. The molecule has 1 saturated heterocycles. The molecule has 0 unspecified atom stereocenters. The molecule has 0 spiro atoms. The summed E-state index contributed by atoms with van der Waals surface area (Å²) in [6.07, 6.45) is 3.22. The number of hydrogen-bond acceptors (Lipinski definition) is 4. The van der Waals surface area contributed by atoms with E-state index in [0.717, 1.165) is 38.0 Å². The smallest absolute Gasteiger partial charge is 0.323 e. The average molecular weight is 487 g/mol. The number of carbonyl (C=O) groups is 2. The molecule has 36 heavy (non-hydrogen) atoms. The highest BCUT2D eigenvalue weighted by Gasteiger charge is 2.24. The summed E-state index contributed by atoms with van der Waals surface area (Å²) in [6, 6.07) is 25.0. The van der Waals surface area contributed by atoms with Crippen molar-refractivity contribution < 1.29 is 14.3 Å². The summed E-state index contributed by atoms with van der Waals surface area (Å²) in [5.74, 6) is 0.450. The first-order valence-corrected chi connectivity index (χ1v) is 12.5. The number of rotatable bonds is 9. The van der Waals surface area contributed by atoms with Crippen molar-refractivity contribution in [3.05, 3.63) is 90.0 Å². The summed E-state index contributed by atoms with van der Waals surface area (Å²) >= 11 is 0. The maximum absolute atomic E-state index is 13.1. The number of nitrogens with zero attached hydrogens (tertiary/aromatic N) is 1. The zero-order valence-electron chi connectivity index (χ0n) is 20.7. The Bertz CT molecular complexity index is 1130. The van der Waals surface area contributed by atoms with Crippen LogP contribution in [0.1, 0.15) is 28.8 Å². The second-order valence-electron chi connectivity index (χ2n) is 9.05. The molecule has 7 heteroatoms. The lowest BCUT2D eigenvalue weighted by molar-refractivity contribution is 0.0937. The standard InChI is InChI=1S/C29H34N4O3/c1-36-19-16-30-28(34)26-21-25(32-29(35)31-24-10-6-3-7-11-24)12-13-27(26)33-17-14-23(15-18-33)20-22-8-4-2-5-9-22/h2-13,21,23H,14-20H2,1H3,(H,30,34)(H2,31,32,35). The van der Waals surface area contributed by atoms with Crippen LogP contribution in [0.3, 0.4) is 0 Å². The van der Waals surface area contributed by atoms with E-state index in [0.29, 0.717) is 36.0 Å². The molecule has 0 aromatic heterocycles. The molecular weight excluding hydrogens is 452 g/mol. The van der Waals surface area contributed by atoms with E-state index in [1.54, 1.807) is 13.2 Å². The number of ether oxygens (including phenoxy) is 1. The first kappa shape index (κ1) is 25.3. The van der Waals surface area contributed by atoms with Crippen LogP contribution in [0.25, 0.3) is 0 Å². The summed E-state index contributed by atoms with van der Waals surface area (Å²) in [5.41, 5.74) is 4.06. The van der Waals surface area contributed by atoms with E-state index in [2.05, 4.69) is 51.2 Å². The Balaban J connectivity index is 1.45. The highest BCUT2D eigenvalue weighted by atomic mass is 16.5. The summed E-state index contributed by atoms with van der Waals surface area (Å²) < 4.78 is 5.08. The number of anilines is 3. The van der Waals surface area contributed by atoms with Gasteiger partial charge in [0.1, 0.15) is 0 Å². The Kier molecular flexibility index (Phi) is 8.94. The van der Waals surface area contributed by atoms with E-state index >= 15 is 0 Å². The monoisotopic (exact) mass is 486 g/mol. The van der Waals surface area contributed by atoms with E-state index in [9.17, 15) is 9.59 Å². The van der Waals surface area contributed by atoms with E-state index in [4.69, 9.17) is 4.74 Å². The zero-order valence-corrected chi connectivity index (χ0v) is 20.7. The van der Waals surface area contributed by atoms with Gasteiger partial charge in [0.2, 0.25) is 0 Å². The topological polar surface area (TPSA) is 82.7 Å². The van der Waals surface area contributed by atoms with Gasteiger partial charge in [0, 0.05) is 43.8 Å². The molecule has 3 N–H and O–H groups in total. The van der Waals surface area contributed by atoms with Crippen molar-refractivity contribution in [2.75, 3.05) is 48.9 Å². The van der Waals surface area contributed by atoms with Crippen molar-refractivity contribution in [1.82, 2.24) is 5.32 Å². The largest absolute Gasteiger partial charge is 0.383 e. The van der Waals surface area contributed by atoms with Crippen molar-refractivity contribution in [2.24, 2.45) is 5.92 Å². The minimum Gasteiger partial charge on any atom is -0.383 e. The summed E-state index contributed by atoms with van der Waals surface area (Å²) in [5, 5.41) is 8.57. The molecular formula is C29H34N4O3. The first-order valence-electron chi connectivity index (χ1n) is 12.5. The molecule has 1 heterocycles. The van der Waals surface area contributed by atoms with E-state index in [1.165, 1.54) is 5.56 Å². The molecule has 4 rings (SSSR count). The predicted octanol–water partition coefficient (Wildman–Crippen LogP) is 5.17. The molecule has 1 aliphatic heterocycles. The molecule has 0 saturated carbocycles. The van der Waals surface area contributed by atoms with Gasteiger partial charge in [-0.15, -0.1) is 0 Å². The quantitative estimate of drug-likeness (QED) is 0.365. The third-order valence-corrected chi connectivity index (χ3v) is 6.44. The molecule has 0 bridgehead atoms. The van der Waals surface area contributed by atoms with Gasteiger partial charge in [0.25, 0.3) is 5.91 Å². The minimum atomic E-state index is -0.360. The molecule has 0 radical (unpaired) electrons. The average Bonchev–Trinajstić information content (AvgIpc) is 2.90. The molecule has 0 aliphatic carbocycles. The highest BCUT2D eigenvalue weighted by Crippen LogP contribution is 2.30. The van der Waals surface area contributed by atoms with Gasteiger partial charge in [-0.25, -0.2) is 4.79 Å². The number of benzene rings is 3. The number of carbonyl (C=O) groups excluding carboxylic acids is 2. The number of piperidine rings is 1. The lowest BCUT2D eigenvalue weighted by atomic mass is 9.89. The number of para-hydroxylation sites is 1. The van der Waals surface area contributed by atoms with Crippen LogP contribution < -0.4 is 20.9 Å². The fourth-order valence-electron chi connectivity index (χ4n) is 4.57. The minimum absolute atomic E-state index is 0.180. The van der Waals surface area contributed by atoms with Gasteiger partial charge in [-0.3, -0.25) is 4.79 Å². The van der Waals surface area contributed by atoms with Crippen LogP contribution in [0.5, 0.6) is 0 Å². The first-order chi connectivity index (χ1) is 17.6. The van der Waals surface area contributed by atoms with Gasteiger partial charge < -0.3 is 25.6 Å². The molecule has 0 atom stereocenters. The molecule has 1 fully saturated rings. The SMILES string of the molecule is COCCNC(=O)c1cc(NC(=O)Nc2ccccc2)ccc1N1CCC(Cc2ccccc2)CC1. The second-order valence-corrected chi connectivity index (χ2v) is 9.05. The third kappa shape index (κ3) is 7.09. The maximum Gasteiger partial charge on any atom is 0.323 e. The number of methoxy groups -OCH3 is 1. The van der Waals surface area contributed by atoms with Crippen molar-refractivity contribution in [2.45, 2.75) is 19.3 Å². The van der Waals surface area contributed by atoms with Crippen LogP contribution >= 0.6 is 0 Å². The van der Waals surface area contributed by atoms with Crippen LogP contribution in [0.2, 0.25) is 0 Å². The molecule has 1 aliphatic rings. The second kappa shape index (κ2) is 12.7. The Morgan fingerprint density at radius 3 is 2.25 bits per heavy atom. The summed E-state index contributed by atoms with van der Waals surface area (Å²) in [4.78, 5) is 27.9. The van der Waals surface area contributed by atoms with E-state index in [-0.39, 0.29) is 11.9 Å². The lowest BCUT2D eigenvalue weighted by Crippen LogP contribution is -2.36. The fourth-order valence-corrected chi connectivity index (χ4v) is 4.57. The molecule has 3 amide bonds. The Hall–Kier alpha value is -3.84. The summed E-state index contributed by atoms with van der Waals surface area (Å²) in [6.45, 7) is 2.62. The number of amides is 3. The van der Waals surface area contributed by atoms with E-state index < -0.39 is 0 Å². The van der Waals surface area contributed by atoms with Crippen molar-refractivity contribution in [3.63, 3.8) is 0 Å². The Labute approximate surface area is 212 Å². The van der Waals surface area contributed by atoms with Crippen molar-refractivity contribution in [1.29, 1.82) is 0 Å². The number of urea groups is 1. The van der Waals surface area contributed by atoms with Crippen LogP contribution in [0.4, 0.5) is 21.9 Å². The normalized spacial score (nSPS) is 13.8. The molecule has 3 aromatic rings. The summed E-state index contributed by atoms with van der Waals surface area (Å²) in [7, 11) is 1.60. The van der Waals surface area contributed by atoms with Crippen LogP contribution in [-0.2, 0) is 11.2 Å². The molecule has 188 valence electrons. The van der Waals surface area contributed by atoms with Crippen LogP contribution in [0, 0.1) is 5.92 Å². The predicted molar refractivity (Wildman–Crippen MR) is 145 cm³/mol. The van der Waals surface area contributed by atoms with Gasteiger partial charge in [-0.1, -0.05) is 48.5 Å². The third-order valence-electron chi connectivity index (χ3n) is 6.44. The zero-order chi connectivity index (χ0) is 25.2. The van der Waals surface area contributed by atoms with Crippen molar-refractivity contribution >= 4 is 29.0 Å². The maximum atomic E-state index is 13.1. The Morgan fingerprint density at radius 1 is 0.889 bits per heavy atom. The van der Waals surface area contributed by atoms with Gasteiger partial charge in [0.05, 0.1) is 12.2 Å². The van der Waals surface area contributed by atoms with E-state index in [1.807, 2.05) is 42.5 Å². The van der Waals surface area contributed by atoms with Gasteiger partial charge in [0.15, 0.2) is 0 Å². The lowest BCUT2D eigenvalue weighted by Gasteiger charge is -2.35. The van der Waals surface area contributed by atoms with Gasteiger partial charge in [-0.2, -0.15) is 0 Å². The number of hydrogen-bond donors (Lipinski definition) is 3. The van der Waals surface area contributed by atoms with Crippen LogP contribution in [0.15, 0.2) is 78.9 Å². The van der Waals surface area contributed by atoms with Crippen molar-refractivity contribution in [3.8, 4) is 0 Å². The van der Waals surface area contributed by atoms with Gasteiger partial charge >= 0.3 is 6.03 Å². The van der Waals surface area contributed by atoms with Gasteiger partial charge in [-0.05, 0) is 61.1 Å². The van der Waals surface area contributed by atoms with Crippen LogP contribution in [-0.4, -0.2) is 45.3 Å². The fraction of sp³-hybridized carbons (Fsp3) is 0.310. The molecule has 7 nitrogen and oxygen atoms in total. The number of nitrogens with one attached hydrogen (secondary N) is 3.